The highest BCUT2D eigenvalue weighted by molar-refractivity contribution is 5.91. The highest BCUT2D eigenvalue weighted by atomic mass is 16.7. The van der Waals surface area contributed by atoms with Crippen LogP contribution < -0.4 is 14.8 Å². The molecule has 6 heteroatoms. The van der Waals surface area contributed by atoms with E-state index in [2.05, 4.69) is 10.1 Å². The monoisotopic (exact) mass is 319 g/mol. The molecular formula is C17H21NO5. The number of ether oxygens (including phenoxy) is 3. The first kappa shape index (κ1) is 16.9. The second-order valence-corrected chi connectivity index (χ2v) is 5.12. The van der Waals surface area contributed by atoms with E-state index in [1.54, 1.807) is 6.08 Å². The third-order valence-corrected chi connectivity index (χ3v) is 3.41. The summed E-state index contributed by atoms with van der Waals surface area (Å²) in [5.74, 6) is 1.08. The van der Waals surface area contributed by atoms with Crippen LogP contribution in [0.3, 0.4) is 0 Å². The van der Waals surface area contributed by atoms with Gasteiger partial charge in [0.2, 0.25) is 12.7 Å². The second kappa shape index (κ2) is 8.82. The van der Waals surface area contributed by atoms with Crippen molar-refractivity contribution in [2.75, 3.05) is 20.4 Å². The van der Waals surface area contributed by atoms with E-state index in [1.165, 1.54) is 13.2 Å². The predicted octanol–water partition coefficient (Wildman–Crippen LogP) is 2.28. The van der Waals surface area contributed by atoms with Crippen molar-refractivity contribution in [1.82, 2.24) is 5.32 Å². The Labute approximate surface area is 135 Å². The Morgan fingerprint density at radius 3 is 2.87 bits per heavy atom. The minimum Gasteiger partial charge on any atom is -0.469 e. The van der Waals surface area contributed by atoms with Crippen LogP contribution in [0, 0.1) is 0 Å². The van der Waals surface area contributed by atoms with Gasteiger partial charge >= 0.3 is 5.97 Å². The molecular weight excluding hydrogens is 298 g/mol. The number of benzene rings is 1. The van der Waals surface area contributed by atoms with E-state index in [0.717, 1.165) is 30.6 Å². The lowest BCUT2D eigenvalue weighted by Crippen LogP contribution is -2.22. The smallest absolute Gasteiger partial charge is 0.305 e. The number of methoxy groups -OCH3 is 1. The maximum absolute atomic E-state index is 11.7. The first-order valence-corrected chi connectivity index (χ1v) is 7.61. The zero-order chi connectivity index (χ0) is 16.5. The van der Waals surface area contributed by atoms with Gasteiger partial charge in [-0.05, 0) is 36.6 Å². The van der Waals surface area contributed by atoms with Crippen LogP contribution in [0.1, 0.15) is 31.2 Å². The van der Waals surface area contributed by atoms with Crippen molar-refractivity contribution >= 4 is 18.0 Å². The van der Waals surface area contributed by atoms with Gasteiger partial charge in [-0.15, -0.1) is 0 Å². The number of unbranched alkanes of at least 4 members (excludes halogenated alkanes) is 2. The summed E-state index contributed by atoms with van der Waals surface area (Å²) >= 11 is 0. The molecule has 6 nitrogen and oxygen atoms in total. The number of fused-ring (bicyclic) bond motifs is 1. The first-order valence-electron chi connectivity index (χ1n) is 7.61. The van der Waals surface area contributed by atoms with Crippen LogP contribution in [-0.2, 0) is 14.3 Å². The van der Waals surface area contributed by atoms with Crippen LogP contribution in [0.4, 0.5) is 0 Å². The second-order valence-electron chi connectivity index (χ2n) is 5.12. The highest BCUT2D eigenvalue weighted by Gasteiger charge is 2.12. The van der Waals surface area contributed by atoms with Crippen LogP contribution >= 0.6 is 0 Å². The summed E-state index contributed by atoms with van der Waals surface area (Å²) < 4.78 is 15.1. The van der Waals surface area contributed by atoms with Crippen molar-refractivity contribution in [2.45, 2.75) is 25.7 Å². The summed E-state index contributed by atoms with van der Waals surface area (Å²) in [5.41, 5.74) is 0.877. The van der Waals surface area contributed by atoms with Gasteiger partial charge in [0.25, 0.3) is 0 Å². The third kappa shape index (κ3) is 5.65. The van der Waals surface area contributed by atoms with E-state index in [1.807, 2.05) is 18.2 Å². The van der Waals surface area contributed by atoms with Gasteiger partial charge in [-0.25, -0.2) is 0 Å². The summed E-state index contributed by atoms with van der Waals surface area (Å²) in [5, 5.41) is 2.81. The number of carbonyl (C=O) groups is 2. The Morgan fingerprint density at radius 2 is 2.04 bits per heavy atom. The number of esters is 1. The topological polar surface area (TPSA) is 73.9 Å². The maximum atomic E-state index is 11.7. The van der Waals surface area contributed by atoms with Gasteiger partial charge in [0.1, 0.15) is 0 Å². The van der Waals surface area contributed by atoms with E-state index >= 15 is 0 Å². The Bertz CT molecular complexity index is 582. The molecule has 0 atom stereocenters. The fraction of sp³-hybridized carbons (Fsp3) is 0.412. The van der Waals surface area contributed by atoms with Crippen LogP contribution in [0.15, 0.2) is 24.3 Å². The third-order valence-electron chi connectivity index (χ3n) is 3.41. The fourth-order valence-electron chi connectivity index (χ4n) is 2.13. The van der Waals surface area contributed by atoms with Crippen LogP contribution in [0.25, 0.3) is 6.08 Å². The molecule has 0 saturated carbocycles. The number of carbonyl (C=O) groups excluding carboxylic acids is 2. The number of rotatable bonds is 8. The predicted molar refractivity (Wildman–Crippen MR) is 85.1 cm³/mol. The summed E-state index contributed by atoms with van der Waals surface area (Å²) in [4.78, 5) is 22.6. The molecule has 1 N–H and O–H groups in total. The molecule has 0 spiro atoms. The van der Waals surface area contributed by atoms with Gasteiger partial charge in [-0.3, -0.25) is 9.59 Å². The highest BCUT2D eigenvalue weighted by Crippen LogP contribution is 2.32. The SMILES string of the molecule is COC(=O)CCCCCNC(=O)C=Cc1ccc2c(c1)OCO2. The van der Waals surface area contributed by atoms with E-state index in [9.17, 15) is 9.59 Å². The molecule has 1 aliphatic heterocycles. The molecule has 1 aliphatic rings. The zero-order valence-electron chi connectivity index (χ0n) is 13.2. The molecule has 124 valence electrons. The zero-order valence-corrected chi connectivity index (χ0v) is 13.2. The van der Waals surface area contributed by atoms with Gasteiger partial charge in [0.05, 0.1) is 7.11 Å². The van der Waals surface area contributed by atoms with Crippen molar-refractivity contribution in [3.05, 3.63) is 29.8 Å². The Morgan fingerprint density at radius 1 is 1.22 bits per heavy atom. The molecule has 0 aliphatic carbocycles. The van der Waals surface area contributed by atoms with Crippen molar-refractivity contribution in [2.24, 2.45) is 0 Å². The van der Waals surface area contributed by atoms with Gasteiger partial charge < -0.3 is 19.5 Å². The molecule has 0 saturated heterocycles. The number of hydrogen-bond acceptors (Lipinski definition) is 5. The normalized spacial score (nSPS) is 12.4. The van der Waals surface area contributed by atoms with Gasteiger partial charge in [0, 0.05) is 19.0 Å². The quantitative estimate of drug-likeness (QED) is 0.452. The standard InChI is InChI=1S/C17H21NO5/c1-21-17(20)5-3-2-4-10-18-16(19)9-7-13-6-8-14-15(11-13)23-12-22-14/h6-9,11H,2-5,10,12H2,1H3,(H,18,19). The van der Waals surface area contributed by atoms with E-state index in [-0.39, 0.29) is 18.7 Å². The van der Waals surface area contributed by atoms with Crippen molar-refractivity contribution in [1.29, 1.82) is 0 Å². The fourth-order valence-corrected chi connectivity index (χ4v) is 2.13. The molecule has 0 radical (unpaired) electrons. The lowest BCUT2D eigenvalue weighted by molar-refractivity contribution is -0.140. The summed E-state index contributed by atoms with van der Waals surface area (Å²) in [6.45, 7) is 0.824. The molecule has 0 fully saturated rings. The van der Waals surface area contributed by atoms with Crippen molar-refractivity contribution in [3.63, 3.8) is 0 Å². The average molecular weight is 319 g/mol. The number of amides is 1. The molecule has 0 unspecified atom stereocenters. The Hall–Kier alpha value is -2.50. The first-order chi connectivity index (χ1) is 11.2. The molecule has 0 aromatic heterocycles. The van der Waals surface area contributed by atoms with Gasteiger partial charge in [-0.2, -0.15) is 0 Å². The molecule has 2 rings (SSSR count). The minimum atomic E-state index is -0.194. The van der Waals surface area contributed by atoms with E-state index in [4.69, 9.17) is 9.47 Å². The molecule has 23 heavy (non-hydrogen) atoms. The van der Waals surface area contributed by atoms with Crippen LogP contribution in [-0.4, -0.2) is 32.3 Å². The van der Waals surface area contributed by atoms with Gasteiger partial charge in [0.15, 0.2) is 11.5 Å². The largest absolute Gasteiger partial charge is 0.469 e. The lowest BCUT2D eigenvalue weighted by atomic mass is 10.2. The molecule has 0 bridgehead atoms. The summed E-state index contributed by atoms with van der Waals surface area (Å²) in [7, 11) is 1.38. The molecule has 1 aromatic rings. The Kier molecular flexibility index (Phi) is 6.47. The number of nitrogens with one attached hydrogen (secondary N) is 1. The lowest BCUT2D eigenvalue weighted by Gasteiger charge is -2.02. The summed E-state index contributed by atoms with van der Waals surface area (Å²) in [6.07, 6.45) is 6.13. The molecule has 1 heterocycles. The molecule has 1 aromatic carbocycles. The summed E-state index contributed by atoms with van der Waals surface area (Å²) in [6, 6.07) is 5.52. The van der Waals surface area contributed by atoms with Crippen LogP contribution in [0.5, 0.6) is 11.5 Å². The van der Waals surface area contributed by atoms with Crippen LogP contribution in [0.2, 0.25) is 0 Å². The maximum Gasteiger partial charge on any atom is 0.305 e. The Balaban J connectivity index is 1.64. The average Bonchev–Trinajstić information content (AvgIpc) is 3.03. The number of hydrogen-bond donors (Lipinski definition) is 1. The van der Waals surface area contributed by atoms with Crippen molar-refractivity contribution in [3.8, 4) is 11.5 Å². The van der Waals surface area contributed by atoms with Crippen molar-refractivity contribution < 1.29 is 23.8 Å². The molecule has 1 amide bonds. The minimum absolute atomic E-state index is 0.143. The van der Waals surface area contributed by atoms with Gasteiger partial charge in [-0.1, -0.05) is 12.5 Å². The van der Waals surface area contributed by atoms with E-state index < -0.39 is 0 Å². The van der Waals surface area contributed by atoms with E-state index in [0.29, 0.717) is 18.7 Å².